The van der Waals surface area contributed by atoms with Gasteiger partial charge in [-0.15, -0.1) is 0 Å². The van der Waals surface area contributed by atoms with Gasteiger partial charge in [0, 0.05) is 11.4 Å². The largest absolute Gasteiger partial charge is 0.308 e. The highest BCUT2D eigenvalue weighted by Crippen LogP contribution is 2.20. The molecule has 0 fully saturated rings. The maximum absolute atomic E-state index is 12.4. The molecule has 0 radical (unpaired) electrons. The zero-order valence-electron chi connectivity index (χ0n) is 12.1. The molecule has 1 aromatic heterocycles. The summed E-state index contributed by atoms with van der Waals surface area (Å²) in [6.07, 6.45) is 1.52. The molecule has 0 atom stereocenters. The van der Waals surface area contributed by atoms with Gasteiger partial charge in [0.15, 0.2) is 0 Å². The molecule has 2 aromatic rings. The van der Waals surface area contributed by atoms with E-state index in [1.54, 1.807) is 30.3 Å². The number of sulfonamides is 1. The molecule has 0 amide bonds. The van der Waals surface area contributed by atoms with E-state index in [-0.39, 0.29) is 10.9 Å². The lowest BCUT2D eigenvalue weighted by atomic mass is 10.2. The zero-order chi connectivity index (χ0) is 15.5. The summed E-state index contributed by atoms with van der Waals surface area (Å²) < 4.78 is 27.4. The molecule has 7 heteroatoms. The van der Waals surface area contributed by atoms with Crippen LogP contribution in [0, 0.1) is 0 Å². The summed E-state index contributed by atoms with van der Waals surface area (Å²) >= 11 is 0. The molecule has 1 aromatic carbocycles. The molecule has 0 aliphatic rings. The highest BCUT2D eigenvalue weighted by molar-refractivity contribution is 7.89. The van der Waals surface area contributed by atoms with Crippen LogP contribution in [0.3, 0.4) is 0 Å². The van der Waals surface area contributed by atoms with Crippen LogP contribution < -0.4 is 16.0 Å². The molecule has 1 heterocycles. The normalized spacial score (nSPS) is 12.0. The second-order valence-electron chi connectivity index (χ2n) is 4.83. The highest BCUT2D eigenvalue weighted by Gasteiger charge is 2.18. The molecular weight excluding hydrogens is 288 g/mol. The van der Waals surface area contributed by atoms with Gasteiger partial charge in [0.1, 0.15) is 5.82 Å². The Kier molecular flexibility index (Phi) is 4.76. The summed E-state index contributed by atoms with van der Waals surface area (Å²) in [7, 11) is -3.51. The summed E-state index contributed by atoms with van der Waals surface area (Å²) in [4.78, 5) is 4.51. The predicted octanol–water partition coefficient (Wildman–Crippen LogP) is 1.99. The van der Waals surface area contributed by atoms with E-state index < -0.39 is 10.0 Å². The van der Waals surface area contributed by atoms with Crippen molar-refractivity contribution in [2.45, 2.75) is 37.6 Å². The van der Waals surface area contributed by atoms with Gasteiger partial charge in [0.25, 0.3) is 0 Å². The second kappa shape index (κ2) is 6.38. The predicted molar refractivity (Wildman–Crippen MR) is 84.2 cm³/mol. The summed E-state index contributed by atoms with van der Waals surface area (Å²) in [6, 6.07) is 8.29. The van der Waals surface area contributed by atoms with Crippen molar-refractivity contribution in [2.24, 2.45) is 5.84 Å². The third kappa shape index (κ3) is 3.49. The Morgan fingerprint density at radius 2 is 1.90 bits per heavy atom. The average Bonchev–Trinajstić information content (AvgIpc) is 2.51. The van der Waals surface area contributed by atoms with Crippen LogP contribution in [0.5, 0.6) is 0 Å². The Morgan fingerprint density at radius 3 is 2.52 bits per heavy atom. The Morgan fingerprint density at radius 1 is 1.19 bits per heavy atom. The molecule has 0 unspecified atom stereocenters. The molecule has 0 aliphatic heterocycles. The van der Waals surface area contributed by atoms with Crippen molar-refractivity contribution in [3.63, 3.8) is 0 Å². The maximum Gasteiger partial charge on any atom is 0.240 e. The van der Waals surface area contributed by atoms with E-state index in [0.717, 1.165) is 18.2 Å². The van der Waals surface area contributed by atoms with Gasteiger partial charge in [-0.1, -0.05) is 13.8 Å². The lowest BCUT2D eigenvalue weighted by molar-refractivity contribution is 0.530. The molecule has 4 N–H and O–H groups in total. The number of hydrogen-bond acceptors (Lipinski definition) is 5. The standard InChI is InChI=1S/C14H20N4O2S/c1-3-11(4-2)18-21(19,20)12-6-7-13-10(9-12)5-8-14(16-13)17-15/h5-9,11,18H,3-4,15H2,1-2H3,(H,16,17). The van der Waals surface area contributed by atoms with Crippen LogP contribution >= 0.6 is 0 Å². The van der Waals surface area contributed by atoms with Gasteiger partial charge in [-0.3, -0.25) is 0 Å². The van der Waals surface area contributed by atoms with Crippen molar-refractivity contribution in [2.75, 3.05) is 5.43 Å². The van der Waals surface area contributed by atoms with E-state index in [2.05, 4.69) is 15.1 Å². The van der Waals surface area contributed by atoms with E-state index >= 15 is 0 Å². The van der Waals surface area contributed by atoms with Crippen LogP contribution in [-0.4, -0.2) is 19.4 Å². The minimum atomic E-state index is -3.51. The van der Waals surface area contributed by atoms with Crippen LogP contribution in [0.1, 0.15) is 26.7 Å². The monoisotopic (exact) mass is 308 g/mol. The summed E-state index contributed by atoms with van der Waals surface area (Å²) in [5.74, 6) is 5.84. The number of rotatable bonds is 6. The minimum absolute atomic E-state index is 0.0485. The fraction of sp³-hybridized carbons (Fsp3) is 0.357. The number of benzene rings is 1. The van der Waals surface area contributed by atoms with Crippen LogP contribution in [0.4, 0.5) is 5.82 Å². The van der Waals surface area contributed by atoms with Crippen molar-refractivity contribution in [3.8, 4) is 0 Å². The minimum Gasteiger partial charge on any atom is -0.308 e. The quantitative estimate of drug-likeness (QED) is 0.560. The van der Waals surface area contributed by atoms with Crippen LogP contribution in [-0.2, 0) is 10.0 Å². The van der Waals surface area contributed by atoms with Gasteiger partial charge < -0.3 is 5.43 Å². The third-order valence-corrected chi connectivity index (χ3v) is 4.94. The molecule has 0 saturated carbocycles. The van der Waals surface area contributed by atoms with E-state index in [1.807, 2.05) is 13.8 Å². The van der Waals surface area contributed by atoms with Gasteiger partial charge >= 0.3 is 0 Å². The van der Waals surface area contributed by atoms with E-state index in [4.69, 9.17) is 5.84 Å². The summed E-state index contributed by atoms with van der Waals surface area (Å²) in [6.45, 7) is 3.92. The van der Waals surface area contributed by atoms with Crippen molar-refractivity contribution >= 4 is 26.7 Å². The number of nitrogens with one attached hydrogen (secondary N) is 2. The highest BCUT2D eigenvalue weighted by atomic mass is 32.2. The lowest BCUT2D eigenvalue weighted by Crippen LogP contribution is -2.33. The molecule has 0 spiro atoms. The Balaban J connectivity index is 2.38. The molecule has 6 nitrogen and oxygen atoms in total. The summed E-state index contributed by atoms with van der Waals surface area (Å²) in [5, 5.41) is 0.751. The number of hydrazine groups is 1. The fourth-order valence-corrected chi connectivity index (χ4v) is 3.53. The van der Waals surface area contributed by atoms with Crippen LogP contribution in [0.15, 0.2) is 35.2 Å². The van der Waals surface area contributed by atoms with Crippen molar-refractivity contribution < 1.29 is 8.42 Å². The molecule has 0 bridgehead atoms. The van der Waals surface area contributed by atoms with E-state index in [0.29, 0.717) is 11.3 Å². The number of hydrogen-bond donors (Lipinski definition) is 3. The average molecular weight is 308 g/mol. The SMILES string of the molecule is CCC(CC)NS(=O)(=O)c1ccc2nc(NN)ccc2c1. The zero-order valence-corrected chi connectivity index (χ0v) is 12.9. The number of fused-ring (bicyclic) bond motifs is 1. The first-order chi connectivity index (χ1) is 10.00. The smallest absolute Gasteiger partial charge is 0.240 e. The Bertz CT molecular complexity index is 727. The number of nitrogen functional groups attached to an aromatic ring is 1. The van der Waals surface area contributed by atoms with Crippen molar-refractivity contribution in [3.05, 3.63) is 30.3 Å². The first-order valence-electron chi connectivity index (χ1n) is 6.90. The van der Waals surface area contributed by atoms with Gasteiger partial charge in [-0.2, -0.15) is 0 Å². The molecule has 0 aliphatic carbocycles. The molecule has 2 rings (SSSR count). The first-order valence-corrected chi connectivity index (χ1v) is 8.38. The van der Waals surface area contributed by atoms with Gasteiger partial charge in [0.2, 0.25) is 10.0 Å². The Labute approximate surface area is 124 Å². The molecule has 21 heavy (non-hydrogen) atoms. The number of nitrogens with zero attached hydrogens (tertiary/aromatic N) is 1. The van der Waals surface area contributed by atoms with E-state index in [1.165, 1.54) is 0 Å². The fourth-order valence-electron chi connectivity index (χ4n) is 2.09. The van der Waals surface area contributed by atoms with E-state index in [9.17, 15) is 8.42 Å². The van der Waals surface area contributed by atoms with Crippen LogP contribution in [0.2, 0.25) is 0 Å². The van der Waals surface area contributed by atoms with Crippen LogP contribution in [0.25, 0.3) is 10.9 Å². The summed E-state index contributed by atoms with van der Waals surface area (Å²) in [5.41, 5.74) is 3.15. The maximum atomic E-state index is 12.4. The lowest BCUT2D eigenvalue weighted by Gasteiger charge is -2.15. The molecule has 0 saturated heterocycles. The topological polar surface area (TPSA) is 97.1 Å². The number of anilines is 1. The second-order valence-corrected chi connectivity index (χ2v) is 6.54. The number of aromatic nitrogens is 1. The number of pyridine rings is 1. The Hall–Kier alpha value is -1.70. The van der Waals surface area contributed by atoms with Gasteiger partial charge in [0.05, 0.1) is 10.4 Å². The first kappa shape index (κ1) is 15.7. The third-order valence-electron chi connectivity index (χ3n) is 3.43. The van der Waals surface area contributed by atoms with Gasteiger partial charge in [-0.05, 0) is 43.2 Å². The number of nitrogens with two attached hydrogens (primary N) is 1. The van der Waals surface area contributed by atoms with Crippen molar-refractivity contribution in [1.29, 1.82) is 0 Å². The van der Waals surface area contributed by atoms with Gasteiger partial charge in [-0.25, -0.2) is 24.0 Å². The van der Waals surface area contributed by atoms with Crippen molar-refractivity contribution in [1.82, 2.24) is 9.71 Å². The molecule has 114 valence electrons. The molecular formula is C14H20N4O2S.